The van der Waals surface area contributed by atoms with E-state index >= 15 is 0 Å². The van der Waals surface area contributed by atoms with Gasteiger partial charge in [0.1, 0.15) is 13.2 Å². The molecular weight excluding hydrogens is 913 g/mol. The molecule has 6 nitrogen and oxygen atoms in total. The standard InChI is InChI=1S/C68H130O6/c1-2-3-4-5-6-7-8-9-10-11-12-13-14-15-16-17-18-19-20-21-22-23-24-25-26-27-28-29-30-31-32-33-34-35-36-37-38-39-40-41-42-43-44-45-46-47-48-49-50-51-52-53-54-55-56-57-58-59-65-60-66(71)73-63-68(61-69,62-70)64-74-67(65)72/h53-54,65,69-70H,2-52,55-64H2,1H3/b54-53+. The summed E-state index contributed by atoms with van der Waals surface area (Å²) in [7, 11) is 0. The lowest BCUT2D eigenvalue weighted by molar-refractivity contribution is -0.155. The number of aliphatic hydroxyl groups is 2. The lowest BCUT2D eigenvalue weighted by atomic mass is 9.92. The van der Waals surface area contributed by atoms with Crippen molar-refractivity contribution in [1.29, 1.82) is 0 Å². The minimum Gasteiger partial charge on any atom is -0.465 e. The van der Waals surface area contributed by atoms with Crippen LogP contribution in [0.4, 0.5) is 0 Å². The van der Waals surface area contributed by atoms with Gasteiger partial charge in [0.25, 0.3) is 0 Å². The summed E-state index contributed by atoms with van der Waals surface area (Å²) in [6.45, 7) is 1.19. The van der Waals surface area contributed by atoms with Crippen molar-refractivity contribution in [3.63, 3.8) is 0 Å². The zero-order valence-electron chi connectivity index (χ0n) is 49.9. The molecule has 0 radical (unpaired) electrons. The molecule has 2 N–H and O–H groups in total. The Bertz CT molecular complexity index is 1160. The van der Waals surface area contributed by atoms with Gasteiger partial charge in [-0.1, -0.05) is 347 Å². The molecule has 1 aliphatic heterocycles. The molecular formula is C68H130O6. The molecule has 1 fully saturated rings. The number of esters is 2. The molecule has 6 heteroatoms. The normalized spacial score (nSPS) is 15.1. The van der Waals surface area contributed by atoms with E-state index in [1.807, 2.05) is 0 Å². The summed E-state index contributed by atoms with van der Waals surface area (Å²) < 4.78 is 10.6. The summed E-state index contributed by atoms with van der Waals surface area (Å²) in [5.74, 6) is -1.44. The molecule has 74 heavy (non-hydrogen) atoms. The van der Waals surface area contributed by atoms with E-state index in [1.54, 1.807) is 0 Å². The molecule has 438 valence electrons. The second kappa shape index (κ2) is 57.8. The van der Waals surface area contributed by atoms with Crippen LogP contribution in [0.5, 0.6) is 0 Å². The Morgan fingerprint density at radius 3 is 0.838 bits per heavy atom. The molecule has 0 aliphatic carbocycles. The van der Waals surface area contributed by atoms with Gasteiger partial charge in [-0.15, -0.1) is 0 Å². The summed E-state index contributed by atoms with van der Waals surface area (Å²) in [6, 6.07) is 0. The van der Waals surface area contributed by atoms with Gasteiger partial charge in [-0.05, 0) is 32.1 Å². The molecule has 0 aromatic rings. The van der Waals surface area contributed by atoms with Crippen LogP contribution in [0.15, 0.2) is 12.2 Å². The fraction of sp³-hybridized carbons (Fsp3) is 0.941. The number of cyclic esters (lactones) is 2. The number of carbonyl (C=O) groups is 2. The second-order valence-corrected chi connectivity index (χ2v) is 24.2. The van der Waals surface area contributed by atoms with Crippen LogP contribution in [0.1, 0.15) is 373 Å². The Hall–Kier alpha value is -1.40. The number of aliphatic hydroxyl groups excluding tert-OH is 2. The number of hydrogen-bond donors (Lipinski definition) is 2. The Kier molecular flexibility index (Phi) is 55.1. The van der Waals surface area contributed by atoms with Crippen LogP contribution in [0.3, 0.4) is 0 Å². The third-order valence-electron chi connectivity index (χ3n) is 16.8. The van der Waals surface area contributed by atoms with Crippen molar-refractivity contribution in [3.8, 4) is 0 Å². The van der Waals surface area contributed by atoms with Gasteiger partial charge < -0.3 is 19.7 Å². The van der Waals surface area contributed by atoms with Gasteiger partial charge in [-0.3, -0.25) is 9.59 Å². The lowest BCUT2D eigenvalue weighted by Gasteiger charge is -2.27. The molecule has 0 bridgehead atoms. The largest absolute Gasteiger partial charge is 0.465 e. The number of unbranched alkanes of at least 4 members (excludes halogenated alkanes) is 53. The Morgan fingerprint density at radius 2 is 0.581 bits per heavy atom. The maximum atomic E-state index is 12.5. The molecule has 1 heterocycles. The molecule has 0 spiro atoms. The predicted molar refractivity (Wildman–Crippen MR) is 320 cm³/mol. The molecule has 1 atom stereocenters. The predicted octanol–water partition coefficient (Wildman–Crippen LogP) is 21.5. The highest BCUT2D eigenvalue weighted by molar-refractivity contribution is 5.80. The Balaban J connectivity index is 1.67. The molecule has 0 aromatic carbocycles. The van der Waals surface area contributed by atoms with Crippen molar-refractivity contribution in [2.75, 3.05) is 26.4 Å². The first-order valence-corrected chi connectivity index (χ1v) is 33.8. The zero-order valence-corrected chi connectivity index (χ0v) is 49.9. The monoisotopic (exact) mass is 1040 g/mol. The van der Waals surface area contributed by atoms with Crippen LogP contribution in [0.2, 0.25) is 0 Å². The summed E-state index contributed by atoms with van der Waals surface area (Å²) in [6.07, 6.45) is 83.3. The zero-order chi connectivity index (χ0) is 53.2. The van der Waals surface area contributed by atoms with Gasteiger partial charge in [0.05, 0.1) is 31.0 Å². The molecule has 0 saturated carbocycles. The SMILES string of the molecule is CCCCCCCCCCCCCCCCCCCCCCCCCCCCCCCCCCCCCCCCCCCCCCCCCCCC/C=C/CCCCCC1CC(=O)OCC(CO)(CO)COC1=O. The quantitative estimate of drug-likeness (QED) is 0.0358. The topological polar surface area (TPSA) is 93.1 Å². The average Bonchev–Trinajstić information content (AvgIpc) is 3.47. The van der Waals surface area contributed by atoms with Gasteiger partial charge in [0.15, 0.2) is 0 Å². The molecule has 0 aromatic heterocycles. The van der Waals surface area contributed by atoms with E-state index in [2.05, 4.69) is 19.1 Å². The Morgan fingerprint density at radius 1 is 0.351 bits per heavy atom. The molecule has 0 amide bonds. The van der Waals surface area contributed by atoms with E-state index < -0.39 is 36.5 Å². The maximum Gasteiger partial charge on any atom is 0.309 e. The van der Waals surface area contributed by atoms with Crippen molar-refractivity contribution < 1.29 is 29.3 Å². The highest BCUT2D eigenvalue weighted by atomic mass is 16.6. The van der Waals surface area contributed by atoms with Gasteiger partial charge in [-0.25, -0.2) is 0 Å². The maximum absolute atomic E-state index is 12.5. The first-order chi connectivity index (χ1) is 36.6. The second-order valence-electron chi connectivity index (χ2n) is 24.2. The van der Waals surface area contributed by atoms with Gasteiger partial charge in [-0.2, -0.15) is 0 Å². The highest BCUT2D eigenvalue weighted by Gasteiger charge is 2.36. The summed E-state index contributed by atoms with van der Waals surface area (Å²) in [5.41, 5.74) is -1.13. The van der Waals surface area contributed by atoms with E-state index in [9.17, 15) is 19.8 Å². The van der Waals surface area contributed by atoms with Crippen LogP contribution in [0.25, 0.3) is 0 Å². The minimum absolute atomic E-state index is 0.00840. The van der Waals surface area contributed by atoms with Crippen LogP contribution in [-0.2, 0) is 19.1 Å². The third kappa shape index (κ3) is 48.9. The van der Waals surface area contributed by atoms with Crippen molar-refractivity contribution in [1.82, 2.24) is 0 Å². The molecule has 1 aliphatic rings. The average molecular weight is 1040 g/mol. The van der Waals surface area contributed by atoms with Gasteiger partial charge in [0.2, 0.25) is 0 Å². The van der Waals surface area contributed by atoms with Crippen molar-refractivity contribution in [3.05, 3.63) is 12.2 Å². The number of ether oxygens (including phenoxy) is 2. The van der Waals surface area contributed by atoms with Crippen molar-refractivity contribution in [2.24, 2.45) is 11.3 Å². The van der Waals surface area contributed by atoms with E-state index in [1.165, 1.54) is 327 Å². The minimum atomic E-state index is -1.13. The van der Waals surface area contributed by atoms with E-state index in [4.69, 9.17) is 9.47 Å². The van der Waals surface area contributed by atoms with Crippen LogP contribution < -0.4 is 0 Å². The van der Waals surface area contributed by atoms with Gasteiger partial charge >= 0.3 is 11.9 Å². The number of rotatable bonds is 59. The van der Waals surface area contributed by atoms with Crippen LogP contribution >= 0.6 is 0 Å². The fourth-order valence-electron chi connectivity index (χ4n) is 11.3. The molecule has 1 unspecified atom stereocenters. The van der Waals surface area contributed by atoms with Crippen LogP contribution in [-0.4, -0.2) is 48.6 Å². The number of carbonyl (C=O) groups excluding carboxylic acids is 2. The summed E-state index contributed by atoms with van der Waals surface area (Å²) >= 11 is 0. The Labute approximate surface area is 462 Å². The highest BCUT2D eigenvalue weighted by Crippen LogP contribution is 2.25. The van der Waals surface area contributed by atoms with E-state index in [-0.39, 0.29) is 19.6 Å². The third-order valence-corrected chi connectivity index (χ3v) is 16.8. The van der Waals surface area contributed by atoms with Crippen LogP contribution in [0, 0.1) is 11.3 Å². The summed E-state index contributed by atoms with van der Waals surface area (Å²) in [4.78, 5) is 24.7. The molecule has 1 rings (SSSR count). The molecule has 1 saturated heterocycles. The van der Waals surface area contributed by atoms with Crippen molar-refractivity contribution >= 4 is 11.9 Å². The van der Waals surface area contributed by atoms with E-state index in [0.29, 0.717) is 6.42 Å². The summed E-state index contributed by atoms with van der Waals surface area (Å²) in [5, 5.41) is 19.2. The smallest absolute Gasteiger partial charge is 0.309 e. The van der Waals surface area contributed by atoms with E-state index in [0.717, 1.165) is 25.7 Å². The first kappa shape index (κ1) is 70.6. The number of hydrogen-bond acceptors (Lipinski definition) is 6. The first-order valence-electron chi connectivity index (χ1n) is 33.8. The fourth-order valence-corrected chi connectivity index (χ4v) is 11.3. The lowest BCUT2D eigenvalue weighted by Crippen LogP contribution is -2.40. The van der Waals surface area contributed by atoms with Gasteiger partial charge in [0, 0.05) is 0 Å². The number of allylic oxidation sites excluding steroid dienone is 2. The van der Waals surface area contributed by atoms with Crippen molar-refractivity contribution in [2.45, 2.75) is 373 Å².